The van der Waals surface area contributed by atoms with Gasteiger partial charge in [-0.25, -0.2) is 4.79 Å². The Morgan fingerprint density at radius 2 is 1.87 bits per heavy atom. The number of benzene rings is 1. The molecule has 0 bridgehead atoms. The number of aryl methyl sites for hydroxylation is 2. The number of nitrogens with zero attached hydrogens (tertiary/aromatic N) is 3. The van der Waals surface area contributed by atoms with E-state index in [4.69, 9.17) is 0 Å². The molecular formula is C22H31BrF2N4O. The average Bonchev–Trinajstić information content (AvgIpc) is 2.97. The molecule has 1 heterocycles. The number of hydrogen-bond acceptors (Lipinski definition) is 2. The molecule has 0 aliphatic rings. The van der Waals surface area contributed by atoms with Crippen molar-refractivity contribution in [2.45, 2.75) is 64.8 Å². The van der Waals surface area contributed by atoms with Crippen LogP contribution < -0.4 is 10.2 Å². The Balaban J connectivity index is 1.94. The lowest BCUT2D eigenvalue weighted by molar-refractivity contribution is 0.0122. The van der Waals surface area contributed by atoms with Gasteiger partial charge in [-0.05, 0) is 64.3 Å². The summed E-state index contributed by atoms with van der Waals surface area (Å²) in [6.45, 7) is 7.28. The summed E-state index contributed by atoms with van der Waals surface area (Å²) in [6.07, 6.45) is 3.18. The lowest BCUT2D eigenvalue weighted by Crippen LogP contribution is -2.49. The van der Waals surface area contributed by atoms with Crippen molar-refractivity contribution < 1.29 is 13.6 Å². The summed E-state index contributed by atoms with van der Waals surface area (Å²) in [7, 11) is 1.69. The first-order valence-electron chi connectivity index (χ1n) is 10.1. The smallest absolute Gasteiger partial charge is 0.322 e. The Labute approximate surface area is 186 Å². The molecule has 2 rings (SSSR count). The van der Waals surface area contributed by atoms with Gasteiger partial charge in [-0.2, -0.15) is 13.9 Å². The highest BCUT2D eigenvalue weighted by molar-refractivity contribution is 9.10. The number of nitrogens with one attached hydrogen (secondary N) is 1. The normalized spacial score (nSPS) is 12.1. The van der Waals surface area contributed by atoms with E-state index in [0.29, 0.717) is 13.0 Å². The Hall–Kier alpha value is -1.96. The van der Waals surface area contributed by atoms with Crippen LogP contribution in [0.2, 0.25) is 0 Å². The van der Waals surface area contributed by atoms with Crippen LogP contribution in [0.4, 0.5) is 19.3 Å². The van der Waals surface area contributed by atoms with Crippen LogP contribution in [-0.2, 0) is 19.4 Å². The second kappa shape index (κ2) is 9.90. The van der Waals surface area contributed by atoms with E-state index in [0.717, 1.165) is 42.0 Å². The molecule has 8 heteroatoms. The molecule has 2 amide bonds. The number of alkyl halides is 2. The van der Waals surface area contributed by atoms with Crippen LogP contribution in [0.5, 0.6) is 0 Å². The number of halogens is 3. The number of hydrogen-bond donors (Lipinski definition) is 1. The van der Waals surface area contributed by atoms with Gasteiger partial charge in [-0.15, -0.1) is 0 Å². The molecule has 0 aliphatic heterocycles. The van der Waals surface area contributed by atoms with E-state index in [1.807, 2.05) is 45.0 Å². The first kappa shape index (κ1) is 24.3. The minimum absolute atomic E-state index is 0.137. The van der Waals surface area contributed by atoms with Gasteiger partial charge in [0.15, 0.2) is 0 Å². The van der Waals surface area contributed by atoms with Crippen molar-refractivity contribution in [1.82, 2.24) is 15.1 Å². The van der Waals surface area contributed by atoms with Crippen LogP contribution in [0.25, 0.3) is 0 Å². The maximum absolute atomic E-state index is 13.4. The summed E-state index contributed by atoms with van der Waals surface area (Å²) in [4.78, 5) is 14.6. The molecule has 0 spiro atoms. The Kier molecular flexibility index (Phi) is 8.02. The molecule has 0 unspecified atom stereocenters. The molecule has 0 saturated heterocycles. The second-order valence-electron chi connectivity index (χ2n) is 8.66. The summed E-state index contributed by atoms with van der Waals surface area (Å²) in [5, 5.41) is 6.93. The lowest BCUT2D eigenvalue weighted by atomic mass is 10.1. The molecule has 2 aromatic rings. The van der Waals surface area contributed by atoms with Gasteiger partial charge in [0.2, 0.25) is 0 Å². The zero-order valence-corrected chi connectivity index (χ0v) is 19.9. The topological polar surface area (TPSA) is 50.2 Å². The Morgan fingerprint density at radius 1 is 1.17 bits per heavy atom. The van der Waals surface area contributed by atoms with E-state index in [2.05, 4.69) is 26.3 Å². The molecule has 1 N–H and O–H groups in total. The number of aromatic nitrogens is 2. The summed E-state index contributed by atoms with van der Waals surface area (Å²) < 4.78 is 29.3. The number of carbonyl (C=O) groups is 1. The van der Waals surface area contributed by atoms with E-state index in [1.165, 1.54) is 10.7 Å². The third-order valence-electron chi connectivity index (χ3n) is 4.59. The first-order chi connectivity index (χ1) is 13.9. The third-order valence-corrected chi connectivity index (χ3v) is 5.08. The average molecular weight is 485 g/mol. The quantitative estimate of drug-likeness (QED) is 0.465. The van der Waals surface area contributed by atoms with E-state index in [1.54, 1.807) is 11.9 Å². The van der Waals surface area contributed by atoms with Crippen molar-refractivity contribution in [1.29, 1.82) is 0 Å². The number of carbonyl (C=O) groups excluding carboxylic acids is 1. The number of urea groups is 1. The van der Waals surface area contributed by atoms with Crippen molar-refractivity contribution in [3.05, 3.63) is 46.2 Å². The Morgan fingerprint density at radius 3 is 2.43 bits per heavy atom. The molecule has 166 valence electrons. The maximum atomic E-state index is 13.4. The number of rotatable bonds is 8. The van der Waals surface area contributed by atoms with Crippen molar-refractivity contribution in [3.8, 4) is 0 Å². The molecule has 0 aliphatic carbocycles. The van der Waals surface area contributed by atoms with Crippen LogP contribution in [0, 0.1) is 0 Å². The fraction of sp³-hybridized carbons (Fsp3) is 0.545. The lowest BCUT2D eigenvalue weighted by Gasteiger charge is -2.28. The van der Waals surface area contributed by atoms with E-state index in [9.17, 15) is 13.6 Å². The van der Waals surface area contributed by atoms with Gasteiger partial charge in [-0.1, -0.05) is 28.4 Å². The van der Waals surface area contributed by atoms with Gasteiger partial charge >= 0.3 is 6.03 Å². The highest BCUT2D eigenvalue weighted by Gasteiger charge is 2.28. The minimum atomic E-state index is -2.93. The molecule has 5 nitrogen and oxygen atoms in total. The Bertz CT molecular complexity index is 856. The van der Waals surface area contributed by atoms with Crippen molar-refractivity contribution >= 4 is 27.6 Å². The summed E-state index contributed by atoms with van der Waals surface area (Å²) in [5.74, 6) is -2.93. The van der Waals surface area contributed by atoms with Crippen LogP contribution in [-0.4, -0.2) is 27.9 Å². The predicted molar refractivity (Wildman–Crippen MR) is 120 cm³/mol. The second-order valence-corrected chi connectivity index (χ2v) is 9.57. The third kappa shape index (κ3) is 7.38. The van der Waals surface area contributed by atoms with Gasteiger partial charge in [0, 0.05) is 41.9 Å². The highest BCUT2D eigenvalue weighted by Crippen LogP contribution is 2.26. The van der Waals surface area contributed by atoms with Crippen LogP contribution >= 0.6 is 15.9 Å². The fourth-order valence-corrected chi connectivity index (χ4v) is 3.47. The molecule has 0 fully saturated rings. The minimum Gasteiger partial charge on any atom is -0.333 e. The van der Waals surface area contributed by atoms with Crippen molar-refractivity contribution in [2.24, 2.45) is 7.05 Å². The zero-order chi connectivity index (χ0) is 22.5. The summed E-state index contributed by atoms with van der Waals surface area (Å²) in [5.41, 5.74) is 1.09. The standard InChI is InChI=1S/C22H31BrF2N4O/c1-21(2,3)26-20(30)29(18-12-9-10-16(23)14-18)13-8-6-7-11-17-15-19(22(4,24)25)27-28(17)5/h9-10,12,14-15H,6-8,11,13H2,1-5H3,(H,26,30). The van der Waals surface area contributed by atoms with Crippen molar-refractivity contribution in [3.63, 3.8) is 0 Å². The van der Waals surface area contributed by atoms with Crippen molar-refractivity contribution in [2.75, 3.05) is 11.4 Å². The predicted octanol–water partition coefficient (Wildman–Crippen LogP) is 6.02. The first-order valence-corrected chi connectivity index (χ1v) is 10.9. The van der Waals surface area contributed by atoms with Gasteiger partial charge in [-0.3, -0.25) is 9.58 Å². The largest absolute Gasteiger partial charge is 0.333 e. The molecule has 1 aromatic carbocycles. The van der Waals surface area contributed by atoms with Crippen LogP contribution in [0.1, 0.15) is 58.3 Å². The molecule has 0 atom stereocenters. The molecule has 0 saturated carbocycles. The van der Waals surface area contributed by atoms with E-state index >= 15 is 0 Å². The van der Waals surface area contributed by atoms with Gasteiger partial charge in [0.1, 0.15) is 5.69 Å². The van der Waals surface area contributed by atoms with Gasteiger partial charge < -0.3 is 5.32 Å². The zero-order valence-electron chi connectivity index (χ0n) is 18.3. The fourth-order valence-electron chi connectivity index (χ4n) is 3.09. The SMILES string of the molecule is Cn1nc(C(C)(F)F)cc1CCCCCN(C(=O)NC(C)(C)C)c1cccc(Br)c1. The van der Waals surface area contributed by atoms with E-state index < -0.39 is 5.92 Å². The van der Waals surface area contributed by atoms with Gasteiger partial charge in [0.25, 0.3) is 5.92 Å². The molecule has 30 heavy (non-hydrogen) atoms. The summed E-state index contributed by atoms with van der Waals surface area (Å²) >= 11 is 3.46. The van der Waals surface area contributed by atoms with Crippen LogP contribution in [0.15, 0.2) is 34.8 Å². The molecular weight excluding hydrogens is 454 g/mol. The number of anilines is 1. The number of unbranched alkanes of at least 4 members (excludes halogenated alkanes) is 2. The molecule has 0 radical (unpaired) electrons. The maximum Gasteiger partial charge on any atom is 0.322 e. The highest BCUT2D eigenvalue weighted by atomic mass is 79.9. The van der Waals surface area contributed by atoms with Crippen LogP contribution in [0.3, 0.4) is 0 Å². The molecule has 1 aromatic heterocycles. The van der Waals surface area contributed by atoms with Gasteiger partial charge in [0.05, 0.1) is 0 Å². The summed E-state index contributed by atoms with van der Waals surface area (Å²) in [6, 6.07) is 9.00. The number of amides is 2. The monoisotopic (exact) mass is 484 g/mol. The van der Waals surface area contributed by atoms with E-state index in [-0.39, 0.29) is 17.3 Å².